The molecule has 92 valence electrons. The van der Waals surface area contributed by atoms with Crippen LogP contribution in [0.25, 0.3) is 0 Å². The lowest BCUT2D eigenvalue weighted by Crippen LogP contribution is -2.31. The van der Waals surface area contributed by atoms with E-state index in [1.54, 1.807) is 19.3 Å². The molecule has 16 heavy (non-hydrogen) atoms. The second-order valence-corrected chi connectivity index (χ2v) is 4.55. The molecule has 0 rings (SSSR count). The van der Waals surface area contributed by atoms with Crippen LogP contribution in [0, 0.1) is 0 Å². The molecule has 0 aromatic carbocycles. The van der Waals surface area contributed by atoms with Gasteiger partial charge in [-0.25, -0.2) is 0 Å². The van der Waals surface area contributed by atoms with Gasteiger partial charge in [0.05, 0.1) is 12.6 Å². The number of hydrogen-bond acceptors (Lipinski definition) is 5. The molecule has 3 atom stereocenters. The second-order valence-electron chi connectivity index (χ2n) is 3.29. The Morgan fingerprint density at radius 2 is 2.31 bits per heavy atom. The Morgan fingerprint density at radius 1 is 1.69 bits per heavy atom. The van der Waals surface area contributed by atoms with Gasteiger partial charge in [-0.3, -0.25) is 14.2 Å². The lowest BCUT2D eigenvalue weighted by molar-refractivity contribution is 0.109. The van der Waals surface area contributed by atoms with E-state index in [-0.39, 0.29) is 0 Å². The summed E-state index contributed by atoms with van der Waals surface area (Å²) in [4.78, 5) is 7.67. The van der Waals surface area contributed by atoms with E-state index >= 15 is 0 Å². The van der Waals surface area contributed by atoms with E-state index in [0.29, 0.717) is 6.54 Å². The first-order valence-corrected chi connectivity index (χ1v) is 5.90. The van der Waals surface area contributed by atoms with Crippen LogP contribution in [0.1, 0.15) is 13.8 Å². The lowest BCUT2D eigenvalue weighted by Gasteiger charge is -2.22. The Balaban J connectivity index is 4.30. The van der Waals surface area contributed by atoms with Crippen LogP contribution in [0.15, 0.2) is 21.8 Å². The first kappa shape index (κ1) is 15.2. The van der Waals surface area contributed by atoms with Crippen molar-refractivity contribution in [1.29, 1.82) is 0 Å². The maximum atomic E-state index is 10.7. The summed E-state index contributed by atoms with van der Waals surface area (Å²) in [5.41, 5.74) is 0.848. The van der Waals surface area contributed by atoms with Crippen LogP contribution in [0.5, 0.6) is 0 Å². The number of rotatable bonds is 7. The third-order valence-corrected chi connectivity index (χ3v) is 2.92. The molecular weight excluding hydrogens is 228 g/mol. The van der Waals surface area contributed by atoms with Crippen molar-refractivity contribution >= 4 is 24.0 Å². The Hall–Kier alpha value is -0.850. The van der Waals surface area contributed by atoms with E-state index in [1.807, 2.05) is 6.92 Å². The van der Waals surface area contributed by atoms with Gasteiger partial charge < -0.3 is 9.29 Å². The third-order valence-electron chi connectivity index (χ3n) is 2.01. The van der Waals surface area contributed by atoms with Crippen LogP contribution in [-0.2, 0) is 15.8 Å². The van der Waals surface area contributed by atoms with Crippen molar-refractivity contribution in [2.75, 3.05) is 13.7 Å². The van der Waals surface area contributed by atoms with Gasteiger partial charge in [0, 0.05) is 24.8 Å². The summed E-state index contributed by atoms with van der Waals surface area (Å²) in [5.74, 6) is 0. The molecule has 0 N–H and O–H groups in total. The van der Waals surface area contributed by atoms with Crippen molar-refractivity contribution in [3.05, 3.63) is 11.8 Å². The van der Waals surface area contributed by atoms with E-state index in [0.717, 1.165) is 5.57 Å². The Labute approximate surface area is 98.6 Å². The van der Waals surface area contributed by atoms with E-state index < -0.39 is 22.4 Å². The van der Waals surface area contributed by atoms with E-state index in [4.69, 9.17) is 4.74 Å². The van der Waals surface area contributed by atoms with Gasteiger partial charge in [0.1, 0.15) is 0 Å². The van der Waals surface area contributed by atoms with Crippen molar-refractivity contribution < 1.29 is 13.5 Å². The Kier molecular flexibility index (Phi) is 7.88. The van der Waals surface area contributed by atoms with Gasteiger partial charge in [-0.15, -0.1) is 0 Å². The van der Waals surface area contributed by atoms with Crippen molar-refractivity contribution in [3.63, 3.8) is 0 Å². The highest BCUT2D eigenvalue weighted by Gasteiger charge is 2.16. The fourth-order valence-electron chi connectivity index (χ4n) is 1.02. The minimum atomic E-state index is -2.15. The minimum absolute atomic E-state index is 0.300. The monoisotopic (exact) mass is 245 g/mol. The molecule has 0 aliphatic heterocycles. The molecule has 0 heterocycles. The summed E-state index contributed by atoms with van der Waals surface area (Å²) < 4.78 is 26.5. The Morgan fingerprint density at radius 3 is 2.75 bits per heavy atom. The highest BCUT2D eigenvalue weighted by Crippen LogP contribution is 2.04. The van der Waals surface area contributed by atoms with Crippen molar-refractivity contribution in [2.45, 2.75) is 25.2 Å². The average molecular weight is 245 g/mol. The molecule has 0 spiro atoms. The number of hydrogen-bond donors (Lipinski definition) is 0. The molecule has 0 aliphatic carbocycles. The predicted molar refractivity (Wildman–Crippen MR) is 65.8 cm³/mol. The molecule has 0 aromatic rings. The molecular formula is C10H17N2O3S-. The van der Waals surface area contributed by atoms with Gasteiger partial charge in [0.25, 0.3) is 0 Å². The SMILES string of the molecule is C=N/C=C(/C)C=NCC(OC)C(C)S(=O)[O-]. The van der Waals surface area contributed by atoms with E-state index in [9.17, 15) is 8.76 Å². The summed E-state index contributed by atoms with van der Waals surface area (Å²) in [6.45, 7) is 7.03. The summed E-state index contributed by atoms with van der Waals surface area (Å²) in [7, 11) is 1.47. The van der Waals surface area contributed by atoms with Crippen LogP contribution in [0.2, 0.25) is 0 Å². The third kappa shape index (κ3) is 5.89. The zero-order chi connectivity index (χ0) is 12.6. The number of aliphatic imine (C=N–C) groups is 2. The maximum Gasteiger partial charge on any atom is 0.0895 e. The largest absolute Gasteiger partial charge is 0.772 e. The molecule has 0 aromatic heterocycles. The van der Waals surface area contributed by atoms with Gasteiger partial charge in [-0.2, -0.15) is 0 Å². The summed E-state index contributed by atoms with van der Waals surface area (Å²) in [5, 5.41) is -0.580. The first-order chi connectivity index (χ1) is 7.52. The molecule has 0 bridgehead atoms. The van der Waals surface area contributed by atoms with Gasteiger partial charge in [-0.05, 0) is 37.2 Å². The van der Waals surface area contributed by atoms with Crippen LogP contribution >= 0.6 is 0 Å². The highest BCUT2D eigenvalue weighted by atomic mass is 32.2. The zero-order valence-corrected chi connectivity index (χ0v) is 10.6. The fraction of sp³-hybridized carbons (Fsp3) is 0.600. The van der Waals surface area contributed by atoms with Crippen molar-refractivity contribution in [2.24, 2.45) is 9.98 Å². The first-order valence-electron chi connectivity index (χ1n) is 4.76. The van der Waals surface area contributed by atoms with E-state index in [2.05, 4.69) is 16.7 Å². The normalized spacial score (nSPS) is 18.4. The molecule has 5 nitrogen and oxygen atoms in total. The van der Waals surface area contributed by atoms with Gasteiger partial charge in [0.15, 0.2) is 0 Å². The van der Waals surface area contributed by atoms with Crippen LogP contribution in [-0.4, -0.2) is 46.7 Å². The standard InChI is InChI=1S/C10H18N2O3S/c1-8(5-11-3)6-12-7-10(15-4)9(2)16(13)14/h5-6,9-10H,3,7H2,1-2,4H3,(H,13,14)/p-1/b8-5-,12-6?. The average Bonchev–Trinajstić information content (AvgIpc) is 2.23. The fourth-order valence-corrected chi connectivity index (χ4v) is 1.46. The summed E-state index contributed by atoms with van der Waals surface area (Å²) >= 11 is -2.15. The topological polar surface area (TPSA) is 74.1 Å². The van der Waals surface area contributed by atoms with Gasteiger partial charge in [0.2, 0.25) is 0 Å². The Bertz CT molecular complexity index is 302. The number of ether oxygens (including phenoxy) is 1. The van der Waals surface area contributed by atoms with Crippen molar-refractivity contribution in [1.82, 2.24) is 0 Å². The smallest absolute Gasteiger partial charge is 0.0895 e. The van der Waals surface area contributed by atoms with Gasteiger partial charge in [-0.1, -0.05) is 0 Å². The summed E-state index contributed by atoms with van der Waals surface area (Å²) in [6, 6.07) is 0. The second kappa shape index (κ2) is 8.32. The number of methoxy groups -OCH3 is 1. The highest BCUT2D eigenvalue weighted by molar-refractivity contribution is 7.79. The molecule has 0 saturated heterocycles. The molecule has 0 fully saturated rings. The van der Waals surface area contributed by atoms with Gasteiger partial charge >= 0.3 is 0 Å². The quantitative estimate of drug-likeness (QED) is 0.495. The molecule has 0 saturated carbocycles. The molecule has 6 heteroatoms. The number of nitrogens with zero attached hydrogens (tertiary/aromatic N) is 2. The lowest BCUT2D eigenvalue weighted by atomic mass is 10.2. The van der Waals surface area contributed by atoms with Crippen LogP contribution < -0.4 is 0 Å². The summed E-state index contributed by atoms with van der Waals surface area (Å²) in [6.07, 6.45) is 2.75. The predicted octanol–water partition coefficient (Wildman–Crippen LogP) is 0.944. The van der Waals surface area contributed by atoms with E-state index in [1.165, 1.54) is 7.11 Å². The van der Waals surface area contributed by atoms with Crippen molar-refractivity contribution in [3.8, 4) is 0 Å². The zero-order valence-electron chi connectivity index (χ0n) is 9.75. The molecule has 0 amide bonds. The van der Waals surface area contributed by atoms with Crippen LogP contribution in [0.4, 0.5) is 0 Å². The van der Waals surface area contributed by atoms with Crippen LogP contribution in [0.3, 0.4) is 0 Å². The minimum Gasteiger partial charge on any atom is -0.772 e. The molecule has 3 unspecified atom stereocenters. The molecule has 0 radical (unpaired) electrons. The maximum absolute atomic E-state index is 10.7. The number of allylic oxidation sites excluding steroid dienone is 1. The molecule has 0 aliphatic rings.